The van der Waals surface area contributed by atoms with Crippen LogP contribution in [0.25, 0.3) is 84.0 Å². The standard InChI is InChI=1S/C64H49N3O2S/c1-6-17-52-44(7-2)46-32-30-39(34-53(46)64(52,3)4)38-66-63(67-62(65-5)40-18-9-8-10-19-40)49-25-16-28-57-61(49)51-36-43(31-33-55(51)69-57)45-23-15-27-56-60(45)50-35-41(21-14-26-54(50)68-56)42-20-13-24-48-47-22-11-12-29-58(47)70-59(48)37-42/h6-12,14-20,22-37H,2,5,13,21,38H2,1,3-4H3/b17-6-,66-63?,67-62?. The average molecular weight is 924 g/mol. The first-order valence-electron chi connectivity index (χ1n) is 23.9. The monoisotopic (exact) mass is 923 g/mol. The fourth-order valence-corrected chi connectivity index (χ4v) is 11.9. The molecular weight excluding hydrogens is 875 g/mol. The van der Waals surface area contributed by atoms with E-state index in [-0.39, 0.29) is 5.41 Å². The van der Waals surface area contributed by atoms with Crippen LogP contribution in [0.3, 0.4) is 0 Å². The first-order valence-corrected chi connectivity index (χ1v) is 24.7. The summed E-state index contributed by atoms with van der Waals surface area (Å²) in [6.45, 7) is 15.2. The summed E-state index contributed by atoms with van der Waals surface area (Å²) in [5.74, 6) is 1.90. The Morgan fingerprint density at radius 1 is 0.771 bits per heavy atom. The summed E-state index contributed by atoms with van der Waals surface area (Å²) in [4.78, 5) is 15.0. The molecule has 0 atom stereocenters. The van der Waals surface area contributed by atoms with Gasteiger partial charge < -0.3 is 8.83 Å². The Morgan fingerprint density at radius 3 is 2.44 bits per heavy atom. The van der Waals surface area contributed by atoms with Crippen LogP contribution < -0.4 is 9.75 Å². The number of hydrogen-bond donors (Lipinski definition) is 0. The number of rotatable bonds is 8. The zero-order chi connectivity index (χ0) is 47.5. The highest BCUT2D eigenvalue weighted by Gasteiger charge is 2.35. The molecule has 0 spiro atoms. The lowest BCUT2D eigenvalue weighted by atomic mass is 9.80. The third-order valence-corrected chi connectivity index (χ3v) is 15.2. The summed E-state index contributed by atoms with van der Waals surface area (Å²) >= 11 is 1.86. The lowest BCUT2D eigenvalue weighted by Gasteiger charge is -2.23. The van der Waals surface area contributed by atoms with Gasteiger partial charge in [0.15, 0.2) is 11.7 Å². The molecule has 70 heavy (non-hydrogen) atoms. The van der Waals surface area contributed by atoms with E-state index in [0.717, 1.165) is 84.9 Å². The molecule has 0 unspecified atom stereocenters. The van der Waals surface area contributed by atoms with Gasteiger partial charge in [-0.1, -0.05) is 154 Å². The van der Waals surface area contributed by atoms with Gasteiger partial charge in [0, 0.05) is 47.5 Å². The number of amidine groups is 2. The molecule has 6 heteroatoms. The largest absolute Gasteiger partial charge is 0.456 e. The van der Waals surface area contributed by atoms with Gasteiger partial charge in [-0.25, -0.2) is 9.98 Å². The number of benzene rings is 6. The Bertz CT molecular complexity index is 4040. The van der Waals surface area contributed by atoms with E-state index in [0.29, 0.717) is 18.2 Å². The molecule has 0 radical (unpaired) electrons. The second-order valence-corrected chi connectivity index (χ2v) is 19.7. The highest BCUT2D eigenvalue weighted by atomic mass is 32.1. The fourth-order valence-electron chi connectivity index (χ4n) is 10.7. The van der Waals surface area contributed by atoms with Gasteiger partial charge in [0.05, 0.1) is 6.54 Å². The van der Waals surface area contributed by atoms with Crippen molar-refractivity contribution < 1.29 is 8.83 Å². The van der Waals surface area contributed by atoms with E-state index < -0.39 is 0 Å². The molecule has 12 rings (SSSR count). The van der Waals surface area contributed by atoms with Crippen LogP contribution in [0.1, 0.15) is 72.8 Å². The Hall–Kier alpha value is -8.19. The van der Waals surface area contributed by atoms with Gasteiger partial charge in [-0.05, 0) is 136 Å². The van der Waals surface area contributed by atoms with Crippen LogP contribution in [-0.2, 0) is 12.0 Å². The van der Waals surface area contributed by atoms with Crippen LogP contribution in [0.2, 0.25) is 0 Å². The minimum Gasteiger partial charge on any atom is -0.456 e. The zero-order valence-electron chi connectivity index (χ0n) is 39.4. The van der Waals surface area contributed by atoms with Crippen molar-refractivity contribution in [1.29, 1.82) is 0 Å². The summed E-state index contributed by atoms with van der Waals surface area (Å²) in [6, 6.07) is 44.3. The molecule has 0 saturated heterocycles. The van der Waals surface area contributed by atoms with Crippen LogP contribution in [0.4, 0.5) is 0 Å². The predicted octanol–water partition coefficient (Wildman–Crippen LogP) is 15.5. The molecule has 0 bridgehead atoms. The Kier molecular flexibility index (Phi) is 10.7. The van der Waals surface area contributed by atoms with E-state index >= 15 is 0 Å². The van der Waals surface area contributed by atoms with Crippen LogP contribution in [0.5, 0.6) is 0 Å². The van der Waals surface area contributed by atoms with Crippen molar-refractivity contribution in [3.05, 3.63) is 230 Å². The lowest BCUT2D eigenvalue weighted by molar-refractivity contribution is 0.603. The van der Waals surface area contributed by atoms with Crippen molar-refractivity contribution in [1.82, 2.24) is 0 Å². The molecule has 6 aromatic carbocycles. The summed E-state index contributed by atoms with van der Waals surface area (Å²) in [5.41, 5.74) is 15.6. The zero-order valence-corrected chi connectivity index (χ0v) is 40.2. The maximum Gasteiger partial charge on any atom is 0.161 e. The SMILES string of the molecule is C=CC1=C(/C=C\C)C(C)(C)c2cc(CN=C(N=C(N=C)c3ccccc3)c3cccc4oc5ccc(-c6cccc7oc8c(c67)C=C(C6=CCC=c7c(sc9ccccc79)=C6)CC=C8)cc5c34)ccc21. The van der Waals surface area contributed by atoms with Gasteiger partial charge in [0.1, 0.15) is 22.5 Å². The molecule has 3 aliphatic rings. The highest BCUT2D eigenvalue weighted by molar-refractivity contribution is 7.17. The second-order valence-electron chi connectivity index (χ2n) is 18.6. The van der Waals surface area contributed by atoms with Gasteiger partial charge in [-0.15, -0.1) is 11.3 Å². The second kappa shape index (κ2) is 17.4. The molecule has 3 aromatic heterocycles. The average Bonchev–Trinajstić information content (AvgIpc) is 4.01. The summed E-state index contributed by atoms with van der Waals surface area (Å²) in [6.07, 6.45) is 21.8. The maximum absolute atomic E-state index is 6.65. The molecule has 0 N–H and O–H groups in total. The van der Waals surface area contributed by atoms with E-state index in [1.165, 1.54) is 53.3 Å². The topological polar surface area (TPSA) is 63.4 Å². The molecule has 3 heterocycles. The number of hydrogen-bond acceptors (Lipinski definition) is 4. The normalized spacial score (nSPS) is 15.6. The number of fused-ring (bicyclic) bond motifs is 10. The predicted molar refractivity (Wildman–Crippen MR) is 297 cm³/mol. The van der Waals surface area contributed by atoms with Crippen LogP contribution in [0.15, 0.2) is 205 Å². The highest BCUT2D eigenvalue weighted by Crippen LogP contribution is 2.48. The van der Waals surface area contributed by atoms with Crippen molar-refractivity contribution in [3.8, 4) is 11.1 Å². The summed E-state index contributed by atoms with van der Waals surface area (Å²) in [7, 11) is 0. The number of nitrogens with zero attached hydrogens (tertiary/aromatic N) is 3. The lowest BCUT2D eigenvalue weighted by Crippen LogP contribution is -2.17. The van der Waals surface area contributed by atoms with Crippen molar-refractivity contribution in [2.24, 2.45) is 15.0 Å². The van der Waals surface area contributed by atoms with Crippen molar-refractivity contribution in [3.63, 3.8) is 0 Å². The molecule has 338 valence electrons. The van der Waals surface area contributed by atoms with Crippen LogP contribution >= 0.6 is 11.3 Å². The van der Waals surface area contributed by atoms with E-state index in [1.54, 1.807) is 0 Å². The molecule has 0 fully saturated rings. The molecule has 9 aromatic rings. The van der Waals surface area contributed by atoms with Crippen molar-refractivity contribution in [2.75, 3.05) is 0 Å². The third-order valence-electron chi connectivity index (χ3n) is 14.1. The van der Waals surface area contributed by atoms with Gasteiger partial charge in [-0.3, -0.25) is 4.99 Å². The van der Waals surface area contributed by atoms with Crippen LogP contribution in [-0.4, -0.2) is 18.4 Å². The smallest absolute Gasteiger partial charge is 0.161 e. The third kappa shape index (κ3) is 7.26. The van der Waals surface area contributed by atoms with Gasteiger partial charge in [0.25, 0.3) is 0 Å². The van der Waals surface area contributed by atoms with E-state index in [1.807, 2.05) is 59.9 Å². The molecule has 5 nitrogen and oxygen atoms in total. The van der Waals surface area contributed by atoms with Gasteiger partial charge >= 0.3 is 0 Å². The number of furan rings is 2. The quantitative estimate of drug-likeness (QED) is 0.113. The van der Waals surface area contributed by atoms with Crippen LogP contribution in [0, 0.1) is 0 Å². The first kappa shape index (κ1) is 43.1. The minimum absolute atomic E-state index is 0.193. The molecule has 0 amide bonds. The number of aliphatic imine (C=N–C) groups is 3. The number of allylic oxidation sites excluding steroid dienone is 9. The Morgan fingerprint density at radius 2 is 1.60 bits per heavy atom. The molecular formula is C64H49N3O2S. The minimum atomic E-state index is -0.193. The van der Waals surface area contributed by atoms with Crippen molar-refractivity contribution >= 4 is 103 Å². The molecule has 0 aliphatic heterocycles. The van der Waals surface area contributed by atoms with E-state index in [4.69, 9.17) is 18.8 Å². The molecule has 3 aliphatic carbocycles. The van der Waals surface area contributed by atoms with Gasteiger partial charge in [0.2, 0.25) is 0 Å². The van der Waals surface area contributed by atoms with Gasteiger partial charge in [-0.2, -0.15) is 0 Å². The fraction of sp³-hybridized carbons (Fsp3) is 0.109. The number of thiophene rings is 1. The van der Waals surface area contributed by atoms with E-state index in [2.05, 4.69) is 173 Å². The first-order chi connectivity index (χ1) is 34.3. The maximum atomic E-state index is 6.65. The summed E-state index contributed by atoms with van der Waals surface area (Å²) < 4.78 is 15.9. The molecule has 0 saturated carbocycles. The summed E-state index contributed by atoms with van der Waals surface area (Å²) in [5, 5.41) is 5.64. The Balaban J connectivity index is 0.985. The van der Waals surface area contributed by atoms with E-state index in [9.17, 15) is 0 Å². The Labute approximate surface area is 411 Å². The van der Waals surface area contributed by atoms with Crippen molar-refractivity contribution in [2.45, 2.75) is 45.6 Å².